The number of benzene rings is 1. The summed E-state index contributed by atoms with van der Waals surface area (Å²) in [6.07, 6.45) is -1.28. The Morgan fingerprint density at radius 3 is 2.75 bits per heavy atom. The van der Waals surface area contributed by atoms with Crippen molar-refractivity contribution < 1.29 is 41.2 Å². The lowest BCUT2D eigenvalue weighted by Gasteiger charge is -2.27. The zero-order chi connectivity index (χ0) is 28.6. The monoisotopic (exact) mass is 565 g/mol. The van der Waals surface area contributed by atoms with Crippen molar-refractivity contribution in [3.8, 4) is 0 Å². The molecule has 1 aromatic carbocycles. The first-order valence-electron chi connectivity index (χ1n) is 13.0. The molecule has 1 aliphatic carbocycles. The van der Waals surface area contributed by atoms with Gasteiger partial charge in [0.25, 0.3) is 5.91 Å². The number of hydrogen-bond acceptors (Lipinski definition) is 8. The van der Waals surface area contributed by atoms with Crippen molar-refractivity contribution in [2.75, 3.05) is 20.3 Å². The van der Waals surface area contributed by atoms with E-state index < -0.39 is 48.9 Å². The van der Waals surface area contributed by atoms with Crippen molar-refractivity contribution >= 4 is 23.0 Å². The van der Waals surface area contributed by atoms with Crippen molar-refractivity contribution in [2.45, 2.75) is 69.6 Å². The van der Waals surface area contributed by atoms with Crippen LogP contribution in [0.5, 0.6) is 0 Å². The summed E-state index contributed by atoms with van der Waals surface area (Å²) < 4.78 is 62.3. The molecular formula is C26H30F3N5O6. The molecule has 1 saturated carbocycles. The Morgan fingerprint density at radius 1 is 1.32 bits per heavy atom. The highest BCUT2D eigenvalue weighted by Gasteiger charge is 2.48. The van der Waals surface area contributed by atoms with Crippen LogP contribution >= 0.6 is 0 Å². The first kappa shape index (κ1) is 27.9. The number of rotatable bonds is 11. The van der Waals surface area contributed by atoms with Crippen LogP contribution in [0.3, 0.4) is 0 Å². The Morgan fingerprint density at radius 2 is 2.10 bits per heavy atom. The summed E-state index contributed by atoms with van der Waals surface area (Å²) >= 11 is 0. The van der Waals surface area contributed by atoms with Crippen LogP contribution in [0, 0.1) is 0 Å². The number of carbonyl (C=O) groups excluding carboxylic acids is 2. The predicted molar refractivity (Wildman–Crippen MR) is 133 cm³/mol. The number of aromatic nitrogens is 2. The minimum absolute atomic E-state index is 0.0301. The van der Waals surface area contributed by atoms with Crippen molar-refractivity contribution in [1.82, 2.24) is 25.7 Å². The van der Waals surface area contributed by atoms with Crippen LogP contribution in [-0.4, -0.2) is 71.7 Å². The van der Waals surface area contributed by atoms with Gasteiger partial charge in [-0.1, -0.05) is 18.1 Å². The Kier molecular flexibility index (Phi) is 7.73. The molecule has 5 rings (SSSR count). The maximum atomic E-state index is 13.3. The number of fused-ring (bicyclic) bond motifs is 1. The third-order valence-corrected chi connectivity index (χ3v) is 7.01. The van der Waals surface area contributed by atoms with Crippen LogP contribution in [0.2, 0.25) is 0 Å². The van der Waals surface area contributed by atoms with Gasteiger partial charge in [-0.25, -0.2) is 9.78 Å². The second-order valence-corrected chi connectivity index (χ2v) is 9.95. The molecule has 0 unspecified atom stereocenters. The minimum Gasteiger partial charge on any atom is -0.438 e. The Labute approximate surface area is 227 Å². The summed E-state index contributed by atoms with van der Waals surface area (Å²) in [6, 6.07) is 0.556. The number of amides is 3. The summed E-state index contributed by atoms with van der Waals surface area (Å²) in [5.74, 6) is 0.219. The molecule has 0 bridgehead atoms. The van der Waals surface area contributed by atoms with E-state index in [9.17, 15) is 22.8 Å². The summed E-state index contributed by atoms with van der Waals surface area (Å²) in [5, 5.41) is 8.63. The minimum atomic E-state index is -4.57. The first-order chi connectivity index (χ1) is 19.1. The first-order valence-corrected chi connectivity index (χ1v) is 13.0. The number of nitrogens with one attached hydrogen (secondary N) is 2. The zero-order valence-electron chi connectivity index (χ0n) is 22.2. The number of ether oxygens (including phenoxy) is 2. The molecule has 40 heavy (non-hydrogen) atoms. The number of urea groups is 1. The molecule has 1 saturated heterocycles. The van der Waals surface area contributed by atoms with Crippen LogP contribution in [0.1, 0.15) is 66.3 Å². The average molecular weight is 566 g/mol. The van der Waals surface area contributed by atoms with Gasteiger partial charge in [-0.05, 0) is 37.5 Å². The SMILES string of the molecule is CCc1oncc1C(=O)N[C@H](c1nc2cc([C@@H](COC)N3C[C@@H](C(F)(F)F)NC3=O)ccc2o1)[C@@H](C)OC1CC1. The lowest BCUT2D eigenvalue weighted by molar-refractivity contribution is -0.150. The van der Waals surface area contributed by atoms with Crippen molar-refractivity contribution in [3.63, 3.8) is 0 Å². The maximum Gasteiger partial charge on any atom is 0.410 e. The van der Waals surface area contributed by atoms with E-state index in [-0.39, 0.29) is 18.6 Å². The fourth-order valence-corrected chi connectivity index (χ4v) is 4.73. The third-order valence-electron chi connectivity index (χ3n) is 7.01. The second-order valence-electron chi connectivity index (χ2n) is 9.95. The van der Waals surface area contributed by atoms with Crippen molar-refractivity contribution in [3.05, 3.63) is 47.2 Å². The molecule has 2 aromatic heterocycles. The highest BCUT2D eigenvalue weighted by atomic mass is 19.4. The van der Waals surface area contributed by atoms with Gasteiger partial charge < -0.3 is 33.9 Å². The number of carbonyl (C=O) groups is 2. The number of aryl methyl sites for hydroxylation is 1. The highest BCUT2D eigenvalue weighted by molar-refractivity contribution is 5.95. The highest BCUT2D eigenvalue weighted by Crippen LogP contribution is 2.34. The van der Waals surface area contributed by atoms with E-state index in [1.165, 1.54) is 13.3 Å². The number of alkyl halides is 3. The molecule has 1 aliphatic heterocycles. The van der Waals surface area contributed by atoms with E-state index in [0.717, 1.165) is 17.7 Å². The standard InChI is InChI=1S/C26H30F3N5O6/c1-4-19-16(10-30-40-19)23(35)33-22(13(2)38-15-6-7-15)24-31-17-9-14(5-8-20(17)39-24)18(12-37-3)34-11-21(26(27,28)29)32-25(34)36/h5,8-10,13,15,18,21-22H,4,6-7,11-12H2,1-3H3,(H,32,36)(H,33,35)/t13-,18-,21+,22+/m1/s1. The van der Waals surface area contributed by atoms with E-state index in [4.69, 9.17) is 18.4 Å². The van der Waals surface area contributed by atoms with Crippen LogP contribution < -0.4 is 10.6 Å². The van der Waals surface area contributed by atoms with Gasteiger partial charge in [0.05, 0.1) is 37.6 Å². The largest absolute Gasteiger partial charge is 0.438 e. The van der Waals surface area contributed by atoms with Crippen molar-refractivity contribution in [2.24, 2.45) is 0 Å². The molecular weight excluding hydrogens is 535 g/mol. The Hall–Kier alpha value is -3.65. The normalized spacial score (nSPS) is 20.0. The molecule has 3 heterocycles. The quantitative estimate of drug-likeness (QED) is 0.356. The third kappa shape index (κ3) is 5.77. The maximum absolute atomic E-state index is 13.3. The molecule has 11 nitrogen and oxygen atoms in total. The van der Waals surface area contributed by atoms with E-state index in [1.54, 1.807) is 18.2 Å². The summed E-state index contributed by atoms with van der Waals surface area (Å²) in [7, 11) is 1.41. The molecule has 216 valence electrons. The molecule has 2 fully saturated rings. The molecule has 3 aromatic rings. The average Bonchev–Trinajstić information content (AvgIpc) is 3.29. The fraction of sp³-hybridized carbons (Fsp3) is 0.538. The molecule has 14 heteroatoms. The second kappa shape index (κ2) is 11.1. The van der Waals surface area contributed by atoms with Gasteiger partial charge >= 0.3 is 12.2 Å². The summed E-state index contributed by atoms with van der Waals surface area (Å²) in [6.45, 7) is 3.08. The van der Waals surface area contributed by atoms with E-state index in [0.29, 0.717) is 34.4 Å². The molecule has 2 N–H and O–H groups in total. The summed E-state index contributed by atoms with van der Waals surface area (Å²) in [5.41, 5.74) is 1.61. The van der Waals surface area contributed by atoms with Crippen LogP contribution in [0.4, 0.5) is 18.0 Å². The van der Waals surface area contributed by atoms with Gasteiger partial charge in [-0.15, -0.1) is 0 Å². The van der Waals surface area contributed by atoms with Gasteiger partial charge in [0.1, 0.15) is 28.9 Å². The lowest BCUT2D eigenvalue weighted by atomic mass is 10.1. The van der Waals surface area contributed by atoms with E-state index in [1.807, 2.05) is 19.2 Å². The number of hydrogen-bond donors (Lipinski definition) is 2. The Bertz CT molecular complexity index is 1370. The number of methoxy groups -OCH3 is 1. The van der Waals surface area contributed by atoms with E-state index in [2.05, 4.69) is 15.5 Å². The predicted octanol–water partition coefficient (Wildman–Crippen LogP) is 4.06. The topological polar surface area (TPSA) is 132 Å². The van der Waals surface area contributed by atoms with Crippen molar-refractivity contribution in [1.29, 1.82) is 0 Å². The smallest absolute Gasteiger partial charge is 0.410 e. The fourth-order valence-electron chi connectivity index (χ4n) is 4.73. The van der Waals surface area contributed by atoms with Crippen LogP contribution in [-0.2, 0) is 15.9 Å². The number of halogens is 3. The molecule has 3 amide bonds. The molecule has 4 atom stereocenters. The summed E-state index contributed by atoms with van der Waals surface area (Å²) in [4.78, 5) is 31.3. The van der Waals surface area contributed by atoms with Gasteiger partial charge in [0, 0.05) is 13.5 Å². The van der Waals surface area contributed by atoms with Crippen LogP contribution in [0.25, 0.3) is 11.1 Å². The van der Waals surface area contributed by atoms with Gasteiger partial charge in [0.2, 0.25) is 5.89 Å². The zero-order valence-corrected chi connectivity index (χ0v) is 22.2. The van der Waals surface area contributed by atoms with Crippen LogP contribution in [0.15, 0.2) is 33.3 Å². The molecule has 0 spiro atoms. The number of nitrogens with zero attached hydrogens (tertiary/aromatic N) is 3. The molecule has 0 radical (unpaired) electrons. The van der Waals surface area contributed by atoms with Gasteiger partial charge in [-0.3, -0.25) is 4.79 Å². The Balaban J connectivity index is 1.43. The lowest BCUT2D eigenvalue weighted by Crippen LogP contribution is -2.40. The van der Waals surface area contributed by atoms with Gasteiger partial charge in [0.15, 0.2) is 5.58 Å². The molecule has 2 aliphatic rings. The van der Waals surface area contributed by atoms with E-state index >= 15 is 0 Å². The van der Waals surface area contributed by atoms with Gasteiger partial charge in [-0.2, -0.15) is 13.2 Å². The number of oxazole rings is 1.